The highest BCUT2D eigenvalue weighted by molar-refractivity contribution is 8.01. The standard InChI is InChI=1S/C31H32N2O6S2/c1-18-26(17-40-31-33-25-6-4-5-7-27(25)41-31)38-30(39-28(18)22-10-8-21(16-34)9-11-22)23-12-14-24(15-13-23)32-29(36)19(2)37-20(3)35/h4-15,18-19,26,28,30,34H,16-17H2,1-3H3,(H,32,36)/t18-,19-,26+,28+,30+/m0/s1. The number of aliphatic hydroxyl groups excluding tert-OH is 1. The van der Waals surface area contributed by atoms with Crippen molar-refractivity contribution >= 4 is 50.9 Å². The molecule has 0 spiro atoms. The van der Waals surface area contributed by atoms with E-state index in [1.807, 2.05) is 54.6 Å². The number of carbonyl (C=O) groups is 2. The van der Waals surface area contributed by atoms with Gasteiger partial charge < -0.3 is 24.6 Å². The molecule has 0 bridgehead atoms. The van der Waals surface area contributed by atoms with Crippen molar-refractivity contribution in [3.8, 4) is 0 Å². The average Bonchev–Trinajstić information content (AvgIpc) is 3.40. The number of thiazole rings is 1. The smallest absolute Gasteiger partial charge is 0.303 e. The average molecular weight is 593 g/mol. The van der Waals surface area contributed by atoms with E-state index in [-0.39, 0.29) is 24.7 Å². The largest absolute Gasteiger partial charge is 0.453 e. The summed E-state index contributed by atoms with van der Waals surface area (Å²) in [7, 11) is 0. The van der Waals surface area contributed by atoms with Gasteiger partial charge in [-0.05, 0) is 42.3 Å². The molecule has 1 aromatic heterocycles. The molecule has 1 aliphatic heterocycles. The molecule has 2 N–H and O–H groups in total. The third-order valence-corrected chi connectivity index (χ3v) is 9.20. The van der Waals surface area contributed by atoms with Gasteiger partial charge in [0.1, 0.15) is 0 Å². The minimum Gasteiger partial charge on any atom is -0.453 e. The number of aliphatic hydroxyl groups is 1. The molecule has 1 saturated heterocycles. The van der Waals surface area contributed by atoms with E-state index < -0.39 is 24.3 Å². The van der Waals surface area contributed by atoms with Gasteiger partial charge >= 0.3 is 5.97 Å². The molecular weight excluding hydrogens is 560 g/mol. The SMILES string of the molecule is CC(=O)O[C@@H](C)C(=O)Nc1ccc([C@@H]2O[C@H](CSc3nc4ccccc4s3)[C@H](C)[C@H](c3ccc(CO)cc3)O2)cc1. The van der Waals surface area contributed by atoms with Crippen molar-refractivity contribution in [3.63, 3.8) is 0 Å². The summed E-state index contributed by atoms with van der Waals surface area (Å²) in [6, 6.07) is 23.2. The number of nitrogens with one attached hydrogen (secondary N) is 1. The van der Waals surface area contributed by atoms with Crippen LogP contribution >= 0.6 is 23.1 Å². The Morgan fingerprint density at radius 1 is 1.05 bits per heavy atom. The molecule has 1 amide bonds. The van der Waals surface area contributed by atoms with Crippen LogP contribution in [0.25, 0.3) is 10.2 Å². The predicted molar refractivity (Wildman–Crippen MR) is 160 cm³/mol. The van der Waals surface area contributed by atoms with Gasteiger partial charge in [0, 0.05) is 29.8 Å². The summed E-state index contributed by atoms with van der Waals surface area (Å²) in [4.78, 5) is 28.3. The highest BCUT2D eigenvalue weighted by atomic mass is 32.2. The van der Waals surface area contributed by atoms with Crippen LogP contribution in [0.2, 0.25) is 0 Å². The molecule has 8 nitrogen and oxygen atoms in total. The first-order chi connectivity index (χ1) is 19.8. The fourth-order valence-electron chi connectivity index (χ4n) is 4.65. The molecule has 2 heterocycles. The summed E-state index contributed by atoms with van der Waals surface area (Å²) in [5, 5.41) is 12.3. The quantitative estimate of drug-likeness (QED) is 0.173. The van der Waals surface area contributed by atoms with Crippen LogP contribution in [0.15, 0.2) is 77.1 Å². The van der Waals surface area contributed by atoms with E-state index in [4.69, 9.17) is 19.2 Å². The first-order valence-electron chi connectivity index (χ1n) is 13.4. The molecule has 4 aromatic rings. The van der Waals surface area contributed by atoms with E-state index in [0.29, 0.717) is 11.4 Å². The maximum absolute atomic E-state index is 12.3. The molecule has 0 saturated carbocycles. The third kappa shape index (κ3) is 7.14. The second-order valence-corrected chi connectivity index (χ2v) is 12.2. The third-order valence-electron chi connectivity index (χ3n) is 6.93. The summed E-state index contributed by atoms with van der Waals surface area (Å²) < 4.78 is 20.2. The Bertz CT molecular complexity index is 1460. The van der Waals surface area contributed by atoms with Gasteiger partial charge in [-0.1, -0.05) is 67.2 Å². The van der Waals surface area contributed by atoms with Gasteiger partial charge in [-0.2, -0.15) is 0 Å². The number of fused-ring (bicyclic) bond motifs is 1. The fraction of sp³-hybridized carbons (Fsp3) is 0.323. The van der Waals surface area contributed by atoms with Crippen LogP contribution in [-0.4, -0.2) is 39.9 Å². The van der Waals surface area contributed by atoms with Crippen molar-refractivity contribution in [3.05, 3.63) is 89.5 Å². The number of rotatable bonds is 9. The Labute approximate surface area is 247 Å². The monoisotopic (exact) mass is 592 g/mol. The molecule has 10 heteroatoms. The zero-order chi connectivity index (χ0) is 28.9. The molecule has 1 aliphatic rings. The minimum absolute atomic E-state index is 0.0168. The molecule has 1 fully saturated rings. The van der Waals surface area contributed by atoms with Gasteiger partial charge in [-0.25, -0.2) is 4.98 Å². The lowest BCUT2D eigenvalue weighted by Gasteiger charge is -2.41. The van der Waals surface area contributed by atoms with Crippen molar-refractivity contribution in [2.24, 2.45) is 5.92 Å². The van der Waals surface area contributed by atoms with Crippen molar-refractivity contribution in [1.82, 2.24) is 4.98 Å². The number of carbonyl (C=O) groups excluding carboxylic acids is 2. The van der Waals surface area contributed by atoms with E-state index in [0.717, 1.165) is 31.2 Å². The topological polar surface area (TPSA) is 107 Å². The van der Waals surface area contributed by atoms with Gasteiger partial charge in [0.05, 0.1) is 29.0 Å². The Kier molecular flexibility index (Phi) is 9.36. The van der Waals surface area contributed by atoms with Crippen LogP contribution in [-0.2, 0) is 30.4 Å². The first-order valence-corrected chi connectivity index (χ1v) is 15.2. The van der Waals surface area contributed by atoms with Gasteiger partial charge in [-0.3, -0.25) is 9.59 Å². The molecule has 3 aromatic carbocycles. The molecule has 41 heavy (non-hydrogen) atoms. The first kappa shape index (κ1) is 29.2. The normalized spacial score (nSPS) is 21.4. The summed E-state index contributed by atoms with van der Waals surface area (Å²) in [6.45, 7) is 4.91. The van der Waals surface area contributed by atoms with Gasteiger partial charge in [-0.15, -0.1) is 11.3 Å². The van der Waals surface area contributed by atoms with Crippen LogP contribution < -0.4 is 5.32 Å². The Morgan fingerprint density at radius 3 is 2.44 bits per heavy atom. The molecule has 5 atom stereocenters. The minimum atomic E-state index is -0.898. The number of hydrogen-bond donors (Lipinski definition) is 2. The van der Waals surface area contributed by atoms with Crippen LogP contribution in [0.1, 0.15) is 49.9 Å². The number of esters is 1. The van der Waals surface area contributed by atoms with E-state index in [9.17, 15) is 14.7 Å². The zero-order valence-electron chi connectivity index (χ0n) is 23.0. The molecule has 0 unspecified atom stereocenters. The molecule has 214 valence electrons. The maximum atomic E-state index is 12.3. The highest BCUT2D eigenvalue weighted by Crippen LogP contribution is 2.43. The number of nitrogens with zero attached hydrogens (tertiary/aromatic N) is 1. The van der Waals surface area contributed by atoms with Gasteiger partial charge in [0.2, 0.25) is 0 Å². The van der Waals surface area contributed by atoms with Crippen LogP contribution in [0.3, 0.4) is 0 Å². The number of ether oxygens (including phenoxy) is 3. The summed E-state index contributed by atoms with van der Waals surface area (Å²) in [6.07, 6.45) is -1.88. The number of hydrogen-bond acceptors (Lipinski definition) is 9. The van der Waals surface area contributed by atoms with Crippen LogP contribution in [0.5, 0.6) is 0 Å². The number of para-hydroxylation sites is 1. The Balaban J connectivity index is 1.33. The lowest BCUT2D eigenvalue weighted by molar-refractivity contribution is -0.268. The lowest BCUT2D eigenvalue weighted by atomic mass is 9.91. The number of thioether (sulfide) groups is 1. The number of anilines is 1. The Hall–Kier alpha value is -3.28. The second kappa shape index (κ2) is 13.1. The van der Waals surface area contributed by atoms with Crippen molar-refractivity contribution in [2.75, 3.05) is 11.1 Å². The van der Waals surface area contributed by atoms with E-state index in [1.165, 1.54) is 13.8 Å². The second-order valence-electron chi connectivity index (χ2n) is 9.94. The fourth-order valence-corrected chi connectivity index (χ4v) is 6.90. The van der Waals surface area contributed by atoms with E-state index >= 15 is 0 Å². The summed E-state index contributed by atoms with van der Waals surface area (Å²) in [5.41, 5.74) is 4.24. The highest BCUT2D eigenvalue weighted by Gasteiger charge is 2.38. The van der Waals surface area contributed by atoms with Gasteiger partial charge in [0.25, 0.3) is 5.91 Å². The molecule has 0 aliphatic carbocycles. The van der Waals surface area contributed by atoms with Gasteiger partial charge in [0.15, 0.2) is 16.7 Å². The predicted octanol–water partition coefficient (Wildman–Crippen LogP) is 6.26. The lowest BCUT2D eigenvalue weighted by Crippen LogP contribution is -2.38. The molecule has 5 rings (SSSR count). The summed E-state index contributed by atoms with van der Waals surface area (Å²) in [5.74, 6) is -0.172. The Morgan fingerprint density at radius 2 is 1.76 bits per heavy atom. The zero-order valence-corrected chi connectivity index (χ0v) is 24.6. The van der Waals surface area contributed by atoms with Crippen molar-refractivity contribution < 1.29 is 28.9 Å². The van der Waals surface area contributed by atoms with E-state index in [1.54, 1.807) is 35.2 Å². The number of benzene rings is 3. The van der Waals surface area contributed by atoms with Crippen LogP contribution in [0.4, 0.5) is 5.69 Å². The molecular formula is C31H32N2O6S2. The van der Waals surface area contributed by atoms with E-state index in [2.05, 4.69) is 18.3 Å². The summed E-state index contributed by atoms with van der Waals surface area (Å²) >= 11 is 3.36. The maximum Gasteiger partial charge on any atom is 0.303 e. The van der Waals surface area contributed by atoms with Crippen molar-refractivity contribution in [1.29, 1.82) is 0 Å². The van der Waals surface area contributed by atoms with Crippen molar-refractivity contribution in [2.45, 2.75) is 56.3 Å². The van der Waals surface area contributed by atoms with Crippen LogP contribution in [0, 0.1) is 5.92 Å². The number of aromatic nitrogens is 1. The number of amides is 1. The molecule has 0 radical (unpaired) electrons.